The van der Waals surface area contributed by atoms with Crippen LogP contribution in [0.5, 0.6) is 11.5 Å². The first-order valence-electron chi connectivity index (χ1n) is 11.6. The van der Waals surface area contributed by atoms with Gasteiger partial charge in [0.05, 0.1) is 5.88 Å². The Balaban J connectivity index is 1.57. The second-order valence-corrected chi connectivity index (χ2v) is 9.57. The monoisotopic (exact) mass is 476 g/mol. The van der Waals surface area contributed by atoms with E-state index in [1.54, 1.807) is 0 Å². The fourth-order valence-electron chi connectivity index (χ4n) is 4.00. The molecule has 0 aliphatic carbocycles. The zero-order chi connectivity index (χ0) is 23.8. The van der Waals surface area contributed by atoms with Crippen LogP contribution < -0.4 is 14.8 Å². The Morgan fingerprint density at radius 1 is 0.970 bits per heavy atom. The summed E-state index contributed by atoms with van der Waals surface area (Å²) in [7, 11) is 0. The predicted octanol–water partition coefficient (Wildman–Crippen LogP) is 2.94. The van der Waals surface area contributed by atoms with Crippen LogP contribution in [0.3, 0.4) is 0 Å². The summed E-state index contributed by atoms with van der Waals surface area (Å²) >= 11 is 5.64. The molecule has 182 valence electrons. The highest BCUT2D eigenvalue weighted by Gasteiger charge is 2.24. The van der Waals surface area contributed by atoms with Crippen LogP contribution >= 0.6 is 11.6 Å². The minimum Gasteiger partial charge on any atom is -0.491 e. The second kappa shape index (κ2) is 12.0. The van der Waals surface area contributed by atoms with E-state index in [9.17, 15) is 10.2 Å². The van der Waals surface area contributed by atoms with Crippen molar-refractivity contribution in [2.45, 2.75) is 38.4 Å². The summed E-state index contributed by atoms with van der Waals surface area (Å²) in [5.74, 6) is 1.66. The van der Waals surface area contributed by atoms with Gasteiger partial charge in [0.15, 0.2) is 0 Å². The maximum atomic E-state index is 10.3. The van der Waals surface area contributed by atoms with Crippen molar-refractivity contribution in [3.63, 3.8) is 0 Å². The first kappa shape index (κ1) is 25.8. The Labute approximate surface area is 202 Å². The fraction of sp³-hybridized carbons (Fsp3) is 0.538. The number of benzene rings is 2. The Morgan fingerprint density at radius 2 is 1.61 bits per heavy atom. The quantitative estimate of drug-likeness (QED) is 0.433. The average Bonchev–Trinajstić information content (AvgIpc) is 2.82. The van der Waals surface area contributed by atoms with Crippen molar-refractivity contribution in [1.82, 2.24) is 10.2 Å². The molecule has 7 heteroatoms. The normalized spacial score (nSPS) is 16.9. The van der Waals surface area contributed by atoms with Crippen molar-refractivity contribution < 1.29 is 19.7 Å². The van der Waals surface area contributed by atoms with Gasteiger partial charge in [-0.05, 0) is 41.8 Å². The van der Waals surface area contributed by atoms with Crippen LogP contribution in [0.2, 0.25) is 0 Å². The van der Waals surface area contributed by atoms with E-state index in [1.165, 1.54) is 11.1 Å². The standard InChI is InChI=1S/C26H37ClN2O4/c1-19-14-21(6-9-25(19)33-17-22(30)15-27)26(2,3)20-4-7-24(8-5-20)32-18-23(31)16-29-12-10-28-11-13-29/h4-9,14,22-23,28,30-31H,10-13,15-18H2,1-3H3/t22-,23-/m0/s1. The predicted molar refractivity (Wildman–Crippen MR) is 133 cm³/mol. The third kappa shape index (κ3) is 7.33. The number of β-amino-alcohol motifs (C(OH)–C–C–N with tert-alkyl or cyclic N) is 1. The van der Waals surface area contributed by atoms with Crippen molar-refractivity contribution >= 4 is 11.6 Å². The average molecular weight is 477 g/mol. The first-order valence-corrected chi connectivity index (χ1v) is 12.2. The highest BCUT2D eigenvalue weighted by molar-refractivity contribution is 6.18. The maximum Gasteiger partial charge on any atom is 0.122 e. The topological polar surface area (TPSA) is 74.2 Å². The van der Waals surface area contributed by atoms with Gasteiger partial charge in [0.2, 0.25) is 0 Å². The van der Waals surface area contributed by atoms with E-state index in [2.05, 4.69) is 48.3 Å². The number of aliphatic hydroxyl groups excluding tert-OH is 2. The molecule has 0 radical (unpaired) electrons. The Hall–Kier alpha value is -1.83. The summed E-state index contributed by atoms with van der Waals surface area (Å²) in [5, 5.41) is 23.2. The number of ether oxygens (including phenoxy) is 2. The molecule has 1 saturated heterocycles. The number of halogens is 1. The molecule has 1 aliphatic heterocycles. The van der Waals surface area contributed by atoms with Gasteiger partial charge in [0.1, 0.15) is 36.9 Å². The molecule has 0 spiro atoms. The Morgan fingerprint density at radius 3 is 2.24 bits per heavy atom. The third-order valence-corrected chi connectivity index (χ3v) is 6.56. The molecule has 1 heterocycles. The zero-order valence-electron chi connectivity index (χ0n) is 19.9. The highest BCUT2D eigenvalue weighted by Crippen LogP contribution is 2.34. The van der Waals surface area contributed by atoms with Crippen molar-refractivity contribution in [1.29, 1.82) is 0 Å². The smallest absolute Gasteiger partial charge is 0.122 e. The zero-order valence-corrected chi connectivity index (χ0v) is 20.6. The molecule has 1 aliphatic rings. The van der Waals surface area contributed by atoms with Gasteiger partial charge in [0, 0.05) is 38.1 Å². The van der Waals surface area contributed by atoms with Gasteiger partial charge in [-0.2, -0.15) is 0 Å². The summed E-state index contributed by atoms with van der Waals surface area (Å²) in [6.45, 7) is 11.3. The van der Waals surface area contributed by atoms with Crippen molar-refractivity contribution in [3.8, 4) is 11.5 Å². The van der Waals surface area contributed by atoms with Crippen molar-refractivity contribution in [3.05, 3.63) is 59.2 Å². The van der Waals surface area contributed by atoms with E-state index in [0.29, 0.717) is 6.54 Å². The lowest BCUT2D eigenvalue weighted by atomic mass is 9.77. The van der Waals surface area contributed by atoms with E-state index < -0.39 is 12.2 Å². The summed E-state index contributed by atoms with van der Waals surface area (Å²) < 4.78 is 11.5. The molecule has 3 rings (SSSR count). The third-order valence-electron chi connectivity index (χ3n) is 6.20. The number of hydrogen-bond acceptors (Lipinski definition) is 6. The molecule has 1 fully saturated rings. The van der Waals surface area contributed by atoms with Crippen LogP contribution in [0.1, 0.15) is 30.5 Å². The molecule has 0 aromatic heterocycles. The van der Waals surface area contributed by atoms with E-state index in [4.69, 9.17) is 21.1 Å². The largest absolute Gasteiger partial charge is 0.491 e. The van der Waals surface area contributed by atoms with Crippen LogP contribution in [0.4, 0.5) is 0 Å². The number of nitrogens with one attached hydrogen (secondary N) is 1. The van der Waals surface area contributed by atoms with E-state index in [-0.39, 0.29) is 24.5 Å². The molecule has 2 aromatic carbocycles. The molecule has 0 amide bonds. The molecule has 2 atom stereocenters. The molecule has 6 nitrogen and oxygen atoms in total. The second-order valence-electron chi connectivity index (χ2n) is 9.26. The Kier molecular flexibility index (Phi) is 9.41. The number of aryl methyl sites for hydroxylation is 1. The van der Waals surface area contributed by atoms with Crippen molar-refractivity contribution in [2.75, 3.05) is 51.8 Å². The summed E-state index contributed by atoms with van der Waals surface area (Å²) in [4.78, 5) is 2.26. The number of hydrogen-bond donors (Lipinski definition) is 3. The maximum absolute atomic E-state index is 10.3. The van der Waals surface area contributed by atoms with E-state index in [1.807, 2.05) is 25.1 Å². The van der Waals surface area contributed by atoms with E-state index in [0.717, 1.165) is 43.2 Å². The van der Waals surface area contributed by atoms with Gasteiger partial charge in [-0.3, -0.25) is 4.90 Å². The summed E-state index contributed by atoms with van der Waals surface area (Å²) in [5.41, 5.74) is 3.15. The van der Waals surface area contributed by atoms with Gasteiger partial charge in [-0.25, -0.2) is 0 Å². The van der Waals surface area contributed by atoms with Crippen LogP contribution in [0, 0.1) is 6.92 Å². The lowest BCUT2D eigenvalue weighted by Gasteiger charge is -2.29. The fourth-order valence-corrected chi connectivity index (χ4v) is 4.09. The lowest BCUT2D eigenvalue weighted by molar-refractivity contribution is 0.0641. The molecule has 0 bridgehead atoms. The van der Waals surface area contributed by atoms with Crippen LogP contribution in [-0.2, 0) is 5.41 Å². The number of nitrogens with zero attached hydrogens (tertiary/aromatic N) is 1. The number of alkyl halides is 1. The Bertz CT molecular complexity index is 869. The van der Waals surface area contributed by atoms with Crippen molar-refractivity contribution in [2.24, 2.45) is 0 Å². The summed E-state index contributed by atoms with van der Waals surface area (Å²) in [6, 6.07) is 14.2. The molecular weight excluding hydrogens is 440 g/mol. The minimum atomic E-state index is -0.675. The molecule has 33 heavy (non-hydrogen) atoms. The number of rotatable bonds is 11. The molecule has 0 saturated carbocycles. The summed E-state index contributed by atoms with van der Waals surface area (Å²) in [6.07, 6.45) is -1.18. The SMILES string of the molecule is Cc1cc(C(C)(C)c2ccc(OC[C@@H](O)CN3CCNCC3)cc2)ccc1OC[C@@H](O)CCl. The van der Waals surface area contributed by atoms with Gasteiger partial charge < -0.3 is 25.0 Å². The van der Waals surface area contributed by atoms with Gasteiger partial charge in [0.25, 0.3) is 0 Å². The van der Waals surface area contributed by atoms with Crippen LogP contribution in [-0.4, -0.2) is 79.1 Å². The van der Waals surface area contributed by atoms with Crippen LogP contribution in [0.25, 0.3) is 0 Å². The highest BCUT2D eigenvalue weighted by atomic mass is 35.5. The van der Waals surface area contributed by atoms with Gasteiger partial charge >= 0.3 is 0 Å². The van der Waals surface area contributed by atoms with Crippen LogP contribution in [0.15, 0.2) is 42.5 Å². The molecular formula is C26H37ClN2O4. The first-order chi connectivity index (χ1) is 15.8. The van der Waals surface area contributed by atoms with Gasteiger partial charge in [-0.15, -0.1) is 11.6 Å². The number of aliphatic hydroxyl groups is 2. The lowest BCUT2D eigenvalue weighted by Crippen LogP contribution is -2.47. The number of piperazine rings is 1. The van der Waals surface area contributed by atoms with Gasteiger partial charge in [-0.1, -0.05) is 38.1 Å². The molecule has 0 unspecified atom stereocenters. The minimum absolute atomic E-state index is 0.152. The molecule has 3 N–H and O–H groups in total. The van der Waals surface area contributed by atoms with E-state index >= 15 is 0 Å². The molecule has 2 aromatic rings.